The van der Waals surface area contributed by atoms with Gasteiger partial charge >= 0.3 is 11.9 Å². The summed E-state index contributed by atoms with van der Waals surface area (Å²) in [6, 6.07) is 6.85. The van der Waals surface area contributed by atoms with Gasteiger partial charge < -0.3 is 14.4 Å². The molecule has 0 spiro atoms. The highest BCUT2D eigenvalue weighted by atomic mass is 35.5. The summed E-state index contributed by atoms with van der Waals surface area (Å²) < 4.78 is 53.5. The fraction of sp³-hybridized carbons (Fsp3) is 0.370. The number of hydrogen-bond donors (Lipinski definition) is 1. The number of aromatic carboxylic acids is 1. The van der Waals surface area contributed by atoms with Crippen molar-refractivity contribution < 1.29 is 36.8 Å². The number of rotatable bonds is 8. The third-order valence-electron chi connectivity index (χ3n) is 7.15. The van der Waals surface area contributed by atoms with Crippen LogP contribution in [-0.2, 0) is 14.8 Å². The molecular formula is C27H25Cl2FN2O7S. The highest BCUT2D eigenvalue weighted by Gasteiger charge is 2.41. The molecule has 0 unspecified atom stereocenters. The van der Waals surface area contributed by atoms with Gasteiger partial charge in [-0.3, -0.25) is 0 Å². The van der Waals surface area contributed by atoms with E-state index in [-0.39, 0.29) is 36.6 Å². The first-order chi connectivity index (χ1) is 19.0. The molecule has 3 aromatic rings. The van der Waals surface area contributed by atoms with E-state index in [2.05, 4.69) is 5.16 Å². The number of sulfonamides is 1. The minimum Gasteiger partial charge on any atom is -0.478 e. The largest absolute Gasteiger partial charge is 0.478 e. The highest BCUT2D eigenvalue weighted by Crippen LogP contribution is 2.46. The van der Waals surface area contributed by atoms with E-state index >= 15 is 0 Å². The van der Waals surface area contributed by atoms with Crippen LogP contribution in [0.2, 0.25) is 10.0 Å². The molecule has 1 saturated heterocycles. The predicted octanol–water partition coefficient (Wildman–Crippen LogP) is 6.15. The Labute approximate surface area is 239 Å². The summed E-state index contributed by atoms with van der Waals surface area (Å²) in [5, 5.41) is 13.9. The summed E-state index contributed by atoms with van der Waals surface area (Å²) in [5.41, 5.74) is 0.234. The summed E-state index contributed by atoms with van der Waals surface area (Å²) in [5.74, 6) is -2.64. The molecule has 40 heavy (non-hydrogen) atoms. The second-order valence-electron chi connectivity index (χ2n) is 9.85. The molecule has 0 bridgehead atoms. The molecule has 212 valence electrons. The molecule has 2 heterocycles. The maximum absolute atomic E-state index is 14.1. The number of carbonyl (C=O) groups excluding carboxylic acids is 1. The number of hydrogen-bond acceptors (Lipinski definition) is 7. The van der Waals surface area contributed by atoms with Crippen molar-refractivity contribution in [1.29, 1.82) is 0 Å². The van der Waals surface area contributed by atoms with Crippen molar-refractivity contribution in [2.24, 2.45) is 0 Å². The van der Waals surface area contributed by atoms with Crippen LogP contribution in [0.25, 0.3) is 11.3 Å². The lowest BCUT2D eigenvalue weighted by Gasteiger charge is -2.37. The fourth-order valence-electron chi connectivity index (χ4n) is 4.99. The number of esters is 1. The fourth-order valence-corrected chi connectivity index (χ4v) is 7.34. The number of ether oxygens (including phenoxy) is 1. The number of piperidine rings is 1. The Morgan fingerprint density at radius 2 is 1.88 bits per heavy atom. The normalized spacial score (nSPS) is 19.9. The summed E-state index contributed by atoms with van der Waals surface area (Å²) >= 11 is 12.8. The highest BCUT2D eigenvalue weighted by molar-refractivity contribution is 7.89. The van der Waals surface area contributed by atoms with Gasteiger partial charge in [-0.25, -0.2) is 22.4 Å². The van der Waals surface area contributed by atoms with Crippen LogP contribution in [0.5, 0.6) is 0 Å². The monoisotopic (exact) mass is 610 g/mol. The molecule has 0 radical (unpaired) electrons. The molecule has 1 aromatic heterocycles. The van der Waals surface area contributed by atoms with Crippen LogP contribution in [0.4, 0.5) is 4.39 Å². The smallest absolute Gasteiger partial charge is 0.344 e. The molecule has 9 nitrogen and oxygen atoms in total. The van der Waals surface area contributed by atoms with Gasteiger partial charge in [0.15, 0.2) is 5.76 Å². The summed E-state index contributed by atoms with van der Waals surface area (Å²) in [6.45, 7) is 1.77. The molecule has 5 rings (SSSR count). The van der Waals surface area contributed by atoms with Gasteiger partial charge in [0.05, 0.1) is 20.5 Å². The number of carboxylic acid groups (broad SMARTS) is 1. The van der Waals surface area contributed by atoms with E-state index in [0.29, 0.717) is 27.8 Å². The van der Waals surface area contributed by atoms with Gasteiger partial charge in [-0.1, -0.05) is 41.3 Å². The van der Waals surface area contributed by atoms with Gasteiger partial charge in [-0.05, 0) is 56.0 Å². The lowest BCUT2D eigenvalue weighted by molar-refractivity contribution is 0.00942. The molecule has 2 aliphatic rings. The van der Waals surface area contributed by atoms with E-state index in [1.165, 1.54) is 4.31 Å². The number of halogens is 3. The van der Waals surface area contributed by atoms with Crippen molar-refractivity contribution in [3.63, 3.8) is 0 Å². The molecule has 2 atom stereocenters. The molecular weight excluding hydrogens is 586 g/mol. The molecule has 0 amide bonds. The second kappa shape index (κ2) is 11.1. The zero-order chi connectivity index (χ0) is 28.8. The average Bonchev–Trinajstić information content (AvgIpc) is 3.66. The van der Waals surface area contributed by atoms with Crippen molar-refractivity contribution in [1.82, 2.24) is 9.46 Å². The van der Waals surface area contributed by atoms with E-state index < -0.39 is 50.4 Å². The molecule has 2 aromatic carbocycles. The van der Waals surface area contributed by atoms with Gasteiger partial charge in [0, 0.05) is 30.5 Å². The molecule has 1 aliphatic carbocycles. The standard InChI is InChI=1S/C27H25Cl2FN2O7S/c1-2-17-13-18(8-9-32(17)40(36,37)19-11-15(26(33)34)10-16(30)12-19)38-27(35)23-24(31-39-25(23)14-6-7-14)22-20(28)4-3-5-21(22)29/h3-5,10-12,14,17-18H,2,6-9,13H2,1H3,(H,33,34)/t17-,18-/m1/s1. The van der Waals surface area contributed by atoms with Crippen LogP contribution < -0.4 is 0 Å². The Morgan fingerprint density at radius 3 is 2.50 bits per heavy atom. The van der Waals surface area contributed by atoms with Gasteiger partial charge in [0.2, 0.25) is 10.0 Å². The van der Waals surface area contributed by atoms with E-state index in [1.54, 1.807) is 25.1 Å². The maximum Gasteiger partial charge on any atom is 0.344 e. The summed E-state index contributed by atoms with van der Waals surface area (Å²) in [7, 11) is -4.22. The molecule has 1 aliphatic heterocycles. The Bertz CT molecular complexity index is 1570. The molecule has 13 heteroatoms. The first-order valence-electron chi connectivity index (χ1n) is 12.7. The Balaban J connectivity index is 1.38. The van der Waals surface area contributed by atoms with Crippen LogP contribution >= 0.6 is 23.2 Å². The maximum atomic E-state index is 14.1. The molecule has 1 saturated carbocycles. The number of aromatic nitrogens is 1. The van der Waals surface area contributed by atoms with Crippen molar-refractivity contribution in [3.8, 4) is 11.3 Å². The van der Waals surface area contributed by atoms with E-state index in [4.69, 9.17) is 32.5 Å². The Morgan fingerprint density at radius 1 is 1.18 bits per heavy atom. The number of benzene rings is 2. The van der Waals surface area contributed by atoms with Crippen LogP contribution in [0.15, 0.2) is 45.8 Å². The molecule has 1 N–H and O–H groups in total. The minimum absolute atomic E-state index is 0.0139. The lowest BCUT2D eigenvalue weighted by atomic mass is 9.99. The second-order valence-corrected chi connectivity index (χ2v) is 12.6. The van der Waals surface area contributed by atoms with Crippen LogP contribution in [0.3, 0.4) is 0 Å². The summed E-state index contributed by atoms with van der Waals surface area (Å²) in [4.78, 5) is 24.4. The van der Waals surface area contributed by atoms with Crippen molar-refractivity contribution in [2.45, 2.75) is 62.0 Å². The third-order valence-corrected chi connectivity index (χ3v) is 9.71. The number of carboxylic acids is 1. The van der Waals surface area contributed by atoms with Crippen molar-refractivity contribution in [3.05, 3.63) is 69.1 Å². The zero-order valence-electron chi connectivity index (χ0n) is 21.3. The molecule has 2 fully saturated rings. The van der Waals surface area contributed by atoms with Crippen LogP contribution in [0.1, 0.15) is 71.4 Å². The third kappa shape index (κ3) is 5.47. The van der Waals surface area contributed by atoms with E-state index in [0.717, 1.165) is 31.0 Å². The van der Waals surface area contributed by atoms with E-state index in [1.807, 2.05) is 0 Å². The quantitative estimate of drug-likeness (QED) is 0.301. The van der Waals surface area contributed by atoms with Crippen LogP contribution in [-0.4, -0.2) is 53.6 Å². The lowest BCUT2D eigenvalue weighted by Crippen LogP contribution is -2.48. The van der Waals surface area contributed by atoms with E-state index in [9.17, 15) is 27.5 Å². The topological polar surface area (TPSA) is 127 Å². The zero-order valence-corrected chi connectivity index (χ0v) is 23.6. The van der Waals surface area contributed by atoms with Gasteiger partial charge in [0.25, 0.3) is 0 Å². The van der Waals surface area contributed by atoms with Crippen LogP contribution in [0, 0.1) is 5.82 Å². The average molecular weight is 611 g/mol. The predicted molar refractivity (Wildman–Crippen MR) is 144 cm³/mol. The Hall–Kier alpha value is -2.99. The number of nitrogens with zero attached hydrogens (tertiary/aromatic N) is 2. The Kier molecular flexibility index (Phi) is 7.93. The summed E-state index contributed by atoms with van der Waals surface area (Å²) in [6.07, 6.45) is 1.80. The first-order valence-corrected chi connectivity index (χ1v) is 14.9. The van der Waals surface area contributed by atoms with Gasteiger partial charge in [-0.2, -0.15) is 4.31 Å². The van der Waals surface area contributed by atoms with Gasteiger partial charge in [-0.15, -0.1) is 0 Å². The first kappa shape index (κ1) is 28.5. The van der Waals surface area contributed by atoms with Crippen molar-refractivity contribution in [2.75, 3.05) is 6.54 Å². The minimum atomic E-state index is -4.22. The van der Waals surface area contributed by atoms with Crippen molar-refractivity contribution >= 4 is 45.2 Å². The number of carbonyl (C=O) groups is 2. The SMILES string of the molecule is CC[C@@H]1C[C@H](OC(=O)c2c(-c3c(Cl)cccc3Cl)noc2C2CC2)CCN1S(=O)(=O)c1cc(F)cc(C(=O)O)c1. The van der Waals surface area contributed by atoms with Gasteiger partial charge in [0.1, 0.15) is 23.2 Å².